The zero-order valence-electron chi connectivity index (χ0n) is 14.7. The molecule has 2 unspecified atom stereocenters. The van der Waals surface area contributed by atoms with Crippen LogP contribution in [0.15, 0.2) is 42.6 Å². The summed E-state index contributed by atoms with van der Waals surface area (Å²) in [6, 6.07) is 8.67. The van der Waals surface area contributed by atoms with Crippen LogP contribution in [0.4, 0.5) is 4.79 Å². The van der Waals surface area contributed by atoms with Gasteiger partial charge in [-0.2, -0.15) is 0 Å². The van der Waals surface area contributed by atoms with E-state index >= 15 is 0 Å². The van der Waals surface area contributed by atoms with E-state index in [1.54, 1.807) is 18.2 Å². The standard InChI is InChI=1S/C18H18N4O5S/c23-15-12(6-8-19-17(15)25)21-16(24)14(13-7-9-20-28-13)22-18(26)27-10-11-4-2-1-3-5-11/h1-5,7,9,12,14H,6,8,10H2,(H,19,25)(H,21,24)(H,22,26). The van der Waals surface area contributed by atoms with Gasteiger partial charge in [0.05, 0.1) is 10.9 Å². The SMILES string of the molecule is O=C(NC(C(=O)NC1CCNC(=O)C1=O)c1ccns1)OCc1ccccc1. The van der Waals surface area contributed by atoms with Crippen molar-refractivity contribution < 1.29 is 23.9 Å². The highest BCUT2D eigenvalue weighted by Crippen LogP contribution is 2.18. The van der Waals surface area contributed by atoms with Crippen molar-refractivity contribution in [3.05, 3.63) is 53.0 Å². The molecule has 9 nitrogen and oxygen atoms in total. The van der Waals surface area contributed by atoms with Gasteiger partial charge in [-0.25, -0.2) is 9.17 Å². The third kappa shape index (κ3) is 4.92. The molecule has 10 heteroatoms. The van der Waals surface area contributed by atoms with Gasteiger partial charge in [0.15, 0.2) is 0 Å². The van der Waals surface area contributed by atoms with Crippen LogP contribution in [0.3, 0.4) is 0 Å². The molecule has 0 saturated carbocycles. The van der Waals surface area contributed by atoms with Crippen molar-refractivity contribution in [1.29, 1.82) is 0 Å². The summed E-state index contributed by atoms with van der Waals surface area (Å²) in [5, 5.41) is 7.44. The molecule has 2 heterocycles. The van der Waals surface area contributed by atoms with Gasteiger partial charge in [0.1, 0.15) is 12.6 Å². The molecule has 2 atom stereocenters. The number of nitrogens with zero attached hydrogens (tertiary/aromatic N) is 1. The second kappa shape index (κ2) is 9.09. The fourth-order valence-corrected chi connectivity index (χ4v) is 3.26. The van der Waals surface area contributed by atoms with Crippen LogP contribution in [0.1, 0.15) is 22.9 Å². The first-order valence-electron chi connectivity index (χ1n) is 8.55. The molecule has 1 aliphatic rings. The van der Waals surface area contributed by atoms with E-state index < -0.39 is 35.8 Å². The second-order valence-electron chi connectivity index (χ2n) is 6.02. The average molecular weight is 402 g/mol. The number of ketones is 1. The molecule has 0 bridgehead atoms. The fraction of sp³-hybridized carbons (Fsp3) is 0.278. The Labute approximate surface area is 164 Å². The molecular weight excluding hydrogens is 384 g/mol. The van der Waals surface area contributed by atoms with Gasteiger partial charge in [0.25, 0.3) is 5.91 Å². The summed E-state index contributed by atoms with van der Waals surface area (Å²) in [4.78, 5) is 48.7. The van der Waals surface area contributed by atoms with Gasteiger partial charge >= 0.3 is 6.09 Å². The normalized spacial score (nSPS) is 17.4. The minimum Gasteiger partial charge on any atom is -0.445 e. The third-order valence-corrected chi connectivity index (χ3v) is 4.86. The number of amides is 3. The Kier molecular flexibility index (Phi) is 6.33. The highest BCUT2D eigenvalue weighted by molar-refractivity contribution is 7.05. The lowest BCUT2D eigenvalue weighted by Crippen LogP contribution is -2.55. The molecule has 0 aliphatic carbocycles. The highest BCUT2D eigenvalue weighted by atomic mass is 32.1. The molecule has 1 aliphatic heterocycles. The summed E-state index contributed by atoms with van der Waals surface area (Å²) in [5.74, 6) is -2.07. The van der Waals surface area contributed by atoms with Crippen LogP contribution in [0.25, 0.3) is 0 Å². The van der Waals surface area contributed by atoms with Crippen molar-refractivity contribution in [2.24, 2.45) is 0 Å². The molecule has 1 saturated heterocycles. The van der Waals surface area contributed by atoms with Gasteiger partial charge in [0.2, 0.25) is 11.7 Å². The highest BCUT2D eigenvalue weighted by Gasteiger charge is 2.33. The number of carbonyl (C=O) groups is 4. The Balaban J connectivity index is 1.64. The smallest absolute Gasteiger partial charge is 0.408 e. The molecule has 0 radical (unpaired) electrons. The monoisotopic (exact) mass is 402 g/mol. The lowest BCUT2D eigenvalue weighted by atomic mass is 10.0. The number of aromatic nitrogens is 1. The zero-order chi connectivity index (χ0) is 19.9. The first-order chi connectivity index (χ1) is 13.5. The van der Waals surface area contributed by atoms with E-state index in [1.165, 1.54) is 6.20 Å². The minimum atomic E-state index is -1.09. The predicted octanol–water partition coefficient (Wildman–Crippen LogP) is 0.684. The Hall–Kier alpha value is -3.27. The molecule has 2 aromatic rings. The number of carbonyl (C=O) groups excluding carboxylic acids is 4. The molecule has 28 heavy (non-hydrogen) atoms. The maximum absolute atomic E-state index is 12.7. The summed E-state index contributed by atoms with van der Waals surface area (Å²) in [6.07, 6.45) is 0.991. The van der Waals surface area contributed by atoms with E-state index in [9.17, 15) is 19.2 Å². The Morgan fingerprint density at radius 1 is 1.25 bits per heavy atom. The number of hydrogen-bond acceptors (Lipinski definition) is 7. The van der Waals surface area contributed by atoms with Crippen LogP contribution >= 0.6 is 11.5 Å². The van der Waals surface area contributed by atoms with E-state index in [0.717, 1.165) is 17.1 Å². The summed E-state index contributed by atoms with van der Waals surface area (Å²) in [7, 11) is 0. The number of Topliss-reactive ketones (excluding diaryl/α,β-unsaturated/α-hetero) is 1. The minimum absolute atomic E-state index is 0.0466. The molecule has 0 spiro atoms. The maximum Gasteiger partial charge on any atom is 0.408 e. The molecule has 3 amide bonds. The summed E-state index contributed by atoms with van der Waals surface area (Å²) in [6.45, 7) is 0.332. The van der Waals surface area contributed by atoms with Crippen molar-refractivity contribution >= 4 is 35.2 Å². The number of piperidine rings is 1. The van der Waals surface area contributed by atoms with Gasteiger partial charge in [-0.15, -0.1) is 0 Å². The Bertz CT molecular complexity index is 856. The molecule has 1 fully saturated rings. The fourth-order valence-electron chi connectivity index (χ4n) is 2.62. The van der Waals surface area contributed by atoms with E-state index in [4.69, 9.17) is 4.74 Å². The number of alkyl carbamates (subject to hydrolysis) is 1. The number of benzene rings is 1. The quantitative estimate of drug-likeness (QED) is 0.610. The third-order valence-electron chi connectivity index (χ3n) is 4.05. The van der Waals surface area contributed by atoms with Crippen molar-refractivity contribution in [1.82, 2.24) is 20.3 Å². The van der Waals surface area contributed by atoms with Gasteiger partial charge in [-0.3, -0.25) is 14.4 Å². The number of ether oxygens (including phenoxy) is 1. The van der Waals surface area contributed by atoms with E-state index in [1.807, 2.05) is 18.2 Å². The number of rotatable bonds is 6. The van der Waals surface area contributed by atoms with Gasteiger partial charge in [-0.1, -0.05) is 30.3 Å². The van der Waals surface area contributed by atoms with Crippen LogP contribution in [0, 0.1) is 0 Å². The lowest BCUT2D eigenvalue weighted by Gasteiger charge is -2.24. The van der Waals surface area contributed by atoms with E-state index in [-0.39, 0.29) is 19.6 Å². The number of nitrogens with one attached hydrogen (secondary N) is 3. The van der Waals surface area contributed by atoms with Crippen molar-refractivity contribution in [2.45, 2.75) is 25.1 Å². The molecule has 146 valence electrons. The number of hydrogen-bond donors (Lipinski definition) is 3. The van der Waals surface area contributed by atoms with Gasteiger partial charge in [-0.05, 0) is 29.6 Å². The van der Waals surface area contributed by atoms with Gasteiger partial charge in [0, 0.05) is 12.7 Å². The molecule has 1 aromatic heterocycles. The summed E-state index contributed by atoms with van der Waals surface area (Å²) in [5.41, 5.74) is 0.801. The molecular formula is C18H18N4O5S. The first kappa shape index (κ1) is 19.5. The van der Waals surface area contributed by atoms with Crippen LogP contribution in [0.2, 0.25) is 0 Å². The molecule has 3 rings (SSSR count). The molecule has 3 N–H and O–H groups in total. The zero-order valence-corrected chi connectivity index (χ0v) is 15.5. The van der Waals surface area contributed by atoms with Crippen molar-refractivity contribution in [3.63, 3.8) is 0 Å². The topological polar surface area (TPSA) is 126 Å². The Morgan fingerprint density at radius 2 is 2.04 bits per heavy atom. The van der Waals surface area contributed by atoms with Crippen LogP contribution in [-0.4, -0.2) is 40.7 Å². The van der Waals surface area contributed by atoms with E-state index in [2.05, 4.69) is 20.3 Å². The van der Waals surface area contributed by atoms with Crippen LogP contribution < -0.4 is 16.0 Å². The van der Waals surface area contributed by atoms with Gasteiger partial charge < -0.3 is 20.7 Å². The summed E-state index contributed by atoms with van der Waals surface area (Å²) < 4.78 is 9.10. The molecule has 1 aromatic carbocycles. The van der Waals surface area contributed by atoms with Crippen molar-refractivity contribution in [3.8, 4) is 0 Å². The second-order valence-corrected chi connectivity index (χ2v) is 6.89. The van der Waals surface area contributed by atoms with Crippen LogP contribution in [-0.2, 0) is 25.7 Å². The predicted molar refractivity (Wildman–Crippen MR) is 99.2 cm³/mol. The van der Waals surface area contributed by atoms with E-state index in [0.29, 0.717) is 4.88 Å². The maximum atomic E-state index is 12.7. The van der Waals surface area contributed by atoms with Crippen molar-refractivity contribution in [2.75, 3.05) is 6.54 Å². The average Bonchev–Trinajstić information content (AvgIpc) is 3.23. The Morgan fingerprint density at radius 3 is 2.75 bits per heavy atom. The largest absolute Gasteiger partial charge is 0.445 e. The lowest BCUT2D eigenvalue weighted by molar-refractivity contribution is -0.141. The first-order valence-corrected chi connectivity index (χ1v) is 9.32. The summed E-state index contributed by atoms with van der Waals surface area (Å²) >= 11 is 1.03. The van der Waals surface area contributed by atoms with Crippen LogP contribution in [0.5, 0.6) is 0 Å².